The second kappa shape index (κ2) is 11.0. The lowest BCUT2D eigenvalue weighted by Crippen LogP contribution is -2.42. The van der Waals surface area contributed by atoms with E-state index in [9.17, 15) is 4.79 Å². The van der Waals surface area contributed by atoms with Gasteiger partial charge in [-0.05, 0) is 61.3 Å². The largest absolute Gasteiger partial charge is 0.493 e. The number of carbonyl (C=O) groups excluding carboxylic acids is 1. The zero-order valence-corrected chi connectivity index (χ0v) is 19.5. The van der Waals surface area contributed by atoms with Gasteiger partial charge in [-0.25, -0.2) is 9.78 Å². The van der Waals surface area contributed by atoms with Gasteiger partial charge >= 0.3 is 6.03 Å². The lowest BCUT2D eigenvalue weighted by molar-refractivity contribution is 0.198. The molecule has 6 heteroatoms. The number of piperidine rings is 1. The van der Waals surface area contributed by atoms with E-state index in [-0.39, 0.29) is 11.9 Å². The Labute approximate surface area is 196 Å². The number of ether oxygens (including phenoxy) is 2. The van der Waals surface area contributed by atoms with Gasteiger partial charge in [-0.3, -0.25) is 0 Å². The minimum absolute atomic E-state index is 0.0965. The molecular weight excluding hydrogens is 414 g/mol. The first-order chi connectivity index (χ1) is 16.1. The Morgan fingerprint density at radius 1 is 1.27 bits per heavy atom. The molecule has 2 aromatic rings. The zero-order chi connectivity index (χ0) is 23.0. The molecule has 1 N–H and O–H groups in total. The number of anilines is 1. The van der Waals surface area contributed by atoms with Crippen LogP contribution in [0, 0.1) is 11.8 Å². The number of likely N-dealkylation sites (tertiary alicyclic amines) is 1. The Hall–Kier alpha value is -3.28. The van der Waals surface area contributed by atoms with Crippen molar-refractivity contribution in [3.8, 4) is 11.6 Å². The van der Waals surface area contributed by atoms with E-state index < -0.39 is 0 Å². The highest BCUT2D eigenvalue weighted by atomic mass is 16.5. The smallest absolute Gasteiger partial charge is 0.321 e. The van der Waals surface area contributed by atoms with Crippen LogP contribution in [0.2, 0.25) is 0 Å². The molecule has 1 aliphatic heterocycles. The number of methoxy groups -OCH3 is 1. The van der Waals surface area contributed by atoms with E-state index in [2.05, 4.69) is 53.7 Å². The van der Waals surface area contributed by atoms with E-state index in [0.717, 1.165) is 37.2 Å². The van der Waals surface area contributed by atoms with Crippen LogP contribution in [0.4, 0.5) is 10.5 Å². The molecule has 0 radical (unpaired) electrons. The second-order valence-corrected chi connectivity index (χ2v) is 8.87. The molecule has 2 atom stereocenters. The molecule has 2 amide bonds. The summed E-state index contributed by atoms with van der Waals surface area (Å²) in [6, 6.07) is 11.8. The highest BCUT2D eigenvalue weighted by Gasteiger charge is 2.24. The molecule has 1 aromatic carbocycles. The monoisotopic (exact) mass is 447 g/mol. The number of amides is 2. The second-order valence-electron chi connectivity index (χ2n) is 8.87. The number of hydrogen-bond acceptors (Lipinski definition) is 4. The molecule has 0 saturated carbocycles. The van der Waals surface area contributed by atoms with Gasteiger partial charge in [0.15, 0.2) is 0 Å². The van der Waals surface area contributed by atoms with E-state index in [1.807, 2.05) is 11.0 Å². The number of urea groups is 1. The predicted molar refractivity (Wildman–Crippen MR) is 132 cm³/mol. The van der Waals surface area contributed by atoms with Crippen LogP contribution in [-0.2, 0) is 0 Å². The topological polar surface area (TPSA) is 63.7 Å². The van der Waals surface area contributed by atoms with Crippen molar-refractivity contribution in [1.82, 2.24) is 9.88 Å². The van der Waals surface area contributed by atoms with Gasteiger partial charge in [-0.1, -0.05) is 42.9 Å². The quantitative estimate of drug-likeness (QED) is 0.570. The maximum Gasteiger partial charge on any atom is 0.321 e. The minimum Gasteiger partial charge on any atom is -0.493 e. The number of rotatable bonds is 6. The molecule has 1 saturated heterocycles. The van der Waals surface area contributed by atoms with Crippen molar-refractivity contribution in [2.24, 2.45) is 11.8 Å². The summed E-state index contributed by atoms with van der Waals surface area (Å²) >= 11 is 0. The molecule has 2 aliphatic rings. The highest BCUT2D eigenvalue weighted by molar-refractivity contribution is 5.89. The average Bonchev–Trinajstić information content (AvgIpc) is 2.85. The normalized spacial score (nSPS) is 21.6. The van der Waals surface area contributed by atoms with Crippen LogP contribution in [0.25, 0.3) is 6.08 Å². The summed E-state index contributed by atoms with van der Waals surface area (Å²) in [7, 11) is 1.57. The third-order valence-electron chi connectivity index (χ3n) is 6.36. The first-order valence-corrected chi connectivity index (χ1v) is 11.7. The van der Waals surface area contributed by atoms with Gasteiger partial charge in [0.1, 0.15) is 5.75 Å². The van der Waals surface area contributed by atoms with Crippen molar-refractivity contribution >= 4 is 17.8 Å². The summed E-state index contributed by atoms with van der Waals surface area (Å²) in [5.74, 6) is 2.35. The van der Waals surface area contributed by atoms with Gasteiger partial charge in [0, 0.05) is 19.2 Å². The molecule has 0 bridgehead atoms. The van der Waals surface area contributed by atoms with Crippen LogP contribution in [0.1, 0.15) is 38.2 Å². The van der Waals surface area contributed by atoms with Gasteiger partial charge in [-0.15, -0.1) is 0 Å². The molecule has 1 aromatic heterocycles. The van der Waals surface area contributed by atoms with Crippen LogP contribution < -0.4 is 14.8 Å². The van der Waals surface area contributed by atoms with Crippen molar-refractivity contribution in [2.75, 3.05) is 32.1 Å². The summed E-state index contributed by atoms with van der Waals surface area (Å²) in [5, 5.41) is 2.93. The van der Waals surface area contributed by atoms with Crippen LogP contribution in [-0.4, -0.2) is 42.7 Å². The molecule has 1 fully saturated rings. The maximum atomic E-state index is 12.7. The molecule has 0 spiro atoms. The number of hydrogen-bond donors (Lipinski definition) is 1. The van der Waals surface area contributed by atoms with Crippen molar-refractivity contribution in [3.05, 3.63) is 65.9 Å². The Morgan fingerprint density at radius 3 is 2.91 bits per heavy atom. The molecule has 33 heavy (non-hydrogen) atoms. The third-order valence-corrected chi connectivity index (χ3v) is 6.36. The lowest BCUT2D eigenvalue weighted by atomic mass is 9.91. The Balaban J connectivity index is 1.31. The predicted octanol–water partition coefficient (Wildman–Crippen LogP) is 5.78. The number of benzene rings is 1. The number of carbonyl (C=O) groups is 1. The summed E-state index contributed by atoms with van der Waals surface area (Å²) < 4.78 is 11.1. The summed E-state index contributed by atoms with van der Waals surface area (Å²) in [6.45, 7) is 4.33. The maximum absolute atomic E-state index is 12.7. The summed E-state index contributed by atoms with van der Waals surface area (Å²) in [6.07, 6.45) is 12.7. The molecule has 2 unspecified atom stereocenters. The van der Waals surface area contributed by atoms with Crippen molar-refractivity contribution in [1.29, 1.82) is 0 Å². The summed E-state index contributed by atoms with van der Waals surface area (Å²) in [4.78, 5) is 18.7. The minimum atomic E-state index is -0.0965. The molecule has 4 rings (SSSR count). The lowest BCUT2D eigenvalue weighted by Gasteiger charge is -2.33. The molecule has 174 valence electrons. The van der Waals surface area contributed by atoms with E-state index in [0.29, 0.717) is 30.6 Å². The fraction of sp³-hybridized carbons (Fsp3) is 0.407. The number of nitrogens with one attached hydrogen (secondary N) is 1. The van der Waals surface area contributed by atoms with Gasteiger partial charge in [0.2, 0.25) is 5.88 Å². The Kier molecular flexibility index (Phi) is 7.66. The third kappa shape index (κ3) is 6.37. The van der Waals surface area contributed by atoms with E-state index >= 15 is 0 Å². The molecule has 1 aliphatic carbocycles. The van der Waals surface area contributed by atoms with Crippen LogP contribution in [0.15, 0.2) is 60.3 Å². The molecular formula is C27H33N3O3. The van der Waals surface area contributed by atoms with Crippen molar-refractivity contribution in [3.63, 3.8) is 0 Å². The van der Waals surface area contributed by atoms with E-state index in [1.54, 1.807) is 25.4 Å². The van der Waals surface area contributed by atoms with Crippen molar-refractivity contribution in [2.45, 2.75) is 32.6 Å². The van der Waals surface area contributed by atoms with Crippen LogP contribution in [0.5, 0.6) is 11.6 Å². The van der Waals surface area contributed by atoms with E-state index in [4.69, 9.17) is 9.47 Å². The Bertz CT molecular complexity index is 1000. The van der Waals surface area contributed by atoms with Gasteiger partial charge in [-0.2, -0.15) is 0 Å². The SMILES string of the molecule is COc1ccc(NC(=O)N2CC/C(=C\c3cccc(OCC4CC=CCC4)c3)C(C)C2)cn1. The van der Waals surface area contributed by atoms with Crippen LogP contribution >= 0.6 is 0 Å². The van der Waals surface area contributed by atoms with Gasteiger partial charge in [0.25, 0.3) is 0 Å². The standard InChI is InChI=1S/C27H33N3O3/c1-20-18-30(27(31)29-24-11-12-26(32-2)28-17-24)14-13-23(20)15-22-9-6-10-25(16-22)33-19-21-7-4-3-5-8-21/h3-4,6,9-12,15-17,20-21H,5,7-8,13-14,18-19H2,1-2H3,(H,29,31)/b23-15+. The van der Waals surface area contributed by atoms with Gasteiger partial charge in [0.05, 0.1) is 25.6 Å². The number of aromatic nitrogens is 1. The van der Waals surface area contributed by atoms with Crippen molar-refractivity contribution < 1.29 is 14.3 Å². The molecule has 2 heterocycles. The number of allylic oxidation sites excluding steroid dienone is 2. The number of nitrogens with zero attached hydrogens (tertiary/aromatic N) is 2. The first kappa shape index (κ1) is 22.9. The number of pyridine rings is 1. The first-order valence-electron chi connectivity index (χ1n) is 11.7. The highest BCUT2D eigenvalue weighted by Crippen LogP contribution is 2.27. The zero-order valence-electron chi connectivity index (χ0n) is 19.5. The van der Waals surface area contributed by atoms with Gasteiger partial charge < -0.3 is 19.7 Å². The average molecular weight is 448 g/mol. The fourth-order valence-corrected chi connectivity index (χ4v) is 4.36. The Morgan fingerprint density at radius 2 is 2.18 bits per heavy atom. The summed E-state index contributed by atoms with van der Waals surface area (Å²) in [5.41, 5.74) is 3.18. The van der Waals surface area contributed by atoms with Crippen LogP contribution in [0.3, 0.4) is 0 Å². The molecule has 6 nitrogen and oxygen atoms in total. The fourth-order valence-electron chi connectivity index (χ4n) is 4.36. The van der Waals surface area contributed by atoms with E-state index in [1.165, 1.54) is 12.0 Å².